The van der Waals surface area contributed by atoms with E-state index in [0.717, 1.165) is 36.3 Å². The molecule has 5 nitrogen and oxygen atoms in total. The van der Waals surface area contributed by atoms with Crippen LogP contribution in [0.25, 0.3) is 0 Å². The number of ether oxygens (including phenoxy) is 2. The summed E-state index contributed by atoms with van der Waals surface area (Å²) in [6, 6.07) is 5.76. The molecule has 108 valence electrons. The van der Waals surface area contributed by atoms with E-state index in [-0.39, 0.29) is 11.3 Å². The summed E-state index contributed by atoms with van der Waals surface area (Å²) in [6.45, 7) is 2.08. The molecule has 1 aromatic carbocycles. The minimum absolute atomic E-state index is 0.0705. The van der Waals surface area contributed by atoms with Gasteiger partial charge < -0.3 is 20.5 Å². The molecule has 1 aromatic rings. The van der Waals surface area contributed by atoms with Gasteiger partial charge in [-0.15, -0.1) is 0 Å². The minimum Gasteiger partial charge on any atom is -0.486 e. The second-order valence-corrected chi connectivity index (χ2v) is 5.50. The molecule has 1 fully saturated rings. The summed E-state index contributed by atoms with van der Waals surface area (Å²) in [5.74, 6) is 1.59. The second kappa shape index (κ2) is 5.32. The third kappa shape index (κ3) is 2.33. The maximum Gasteiger partial charge on any atom is 0.227 e. The Bertz CT molecular complexity index is 506. The smallest absolute Gasteiger partial charge is 0.227 e. The minimum atomic E-state index is -0.326. The third-order valence-electron chi connectivity index (χ3n) is 4.24. The molecule has 1 heterocycles. The topological polar surface area (TPSA) is 73.6 Å². The fourth-order valence-electron chi connectivity index (χ4n) is 2.70. The molecule has 2 aliphatic rings. The SMILES string of the molecule is NCC1(C(=O)NCc2ccc3c(c2)OCCO3)CCC1. The maximum atomic E-state index is 12.2. The third-order valence-corrected chi connectivity index (χ3v) is 4.24. The van der Waals surface area contributed by atoms with E-state index in [4.69, 9.17) is 15.2 Å². The van der Waals surface area contributed by atoms with E-state index in [1.54, 1.807) is 0 Å². The van der Waals surface area contributed by atoms with E-state index >= 15 is 0 Å². The van der Waals surface area contributed by atoms with Crippen LogP contribution in [0.4, 0.5) is 0 Å². The zero-order valence-electron chi connectivity index (χ0n) is 11.5. The molecule has 3 rings (SSSR count). The molecule has 0 unspecified atom stereocenters. The Labute approximate surface area is 118 Å². The van der Waals surface area contributed by atoms with Crippen molar-refractivity contribution in [2.24, 2.45) is 11.1 Å². The van der Waals surface area contributed by atoms with Crippen molar-refractivity contribution >= 4 is 5.91 Å². The van der Waals surface area contributed by atoms with E-state index in [0.29, 0.717) is 26.3 Å². The standard InChI is InChI=1S/C15H20N2O3/c16-10-15(4-1-5-15)14(18)17-9-11-2-3-12-13(8-11)20-7-6-19-12/h2-3,8H,1,4-7,9-10,16H2,(H,17,18). The molecule has 1 amide bonds. The van der Waals surface area contributed by atoms with Gasteiger partial charge in [0, 0.05) is 13.1 Å². The molecule has 1 aliphatic carbocycles. The van der Waals surface area contributed by atoms with Crippen molar-refractivity contribution in [2.75, 3.05) is 19.8 Å². The van der Waals surface area contributed by atoms with E-state index in [9.17, 15) is 4.79 Å². The molecular weight excluding hydrogens is 256 g/mol. The highest BCUT2D eigenvalue weighted by molar-refractivity contribution is 5.83. The first kappa shape index (κ1) is 13.2. The van der Waals surface area contributed by atoms with E-state index in [2.05, 4.69) is 5.32 Å². The first-order chi connectivity index (χ1) is 9.73. The molecule has 0 saturated heterocycles. The monoisotopic (exact) mass is 276 g/mol. The fourth-order valence-corrected chi connectivity index (χ4v) is 2.70. The normalized spacial score (nSPS) is 19.1. The fraction of sp³-hybridized carbons (Fsp3) is 0.533. The number of amides is 1. The highest BCUT2D eigenvalue weighted by atomic mass is 16.6. The Morgan fingerprint density at radius 1 is 1.25 bits per heavy atom. The van der Waals surface area contributed by atoms with Crippen LogP contribution in [-0.2, 0) is 11.3 Å². The Morgan fingerprint density at radius 2 is 2.00 bits per heavy atom. The van der Waals surface area contributed by atoms with Crippen molar-refractivity contribution in [3.8, 4) is 11.5 Å². The number of nitrogens with two attached hydrogens (primary N) is 1. The van der Waals surface area contributed by atoms with Crippen LogP contribution in [0, 0.1) is 5.41 Å². The molecule has 0 bridgehead atoms. The first-order valence-electron chi connectivity index (χ1n) is 7.10. The molecule has 0 radical (unpaired) electrons. The quantitative estimate of drug-likeness (QED) is 0.866. The number of benzene rings is 1. The summed E-state index contributed by atoms with van der Waals surface area (Å²) in [7, 11) is 0. The lowest BCUT2D eigenvalue weighted by Crippen LogP contribution is -2.50. The summed E-state index contributed by atoms with van der Waals surface area (Å²) in [6.07, 6.45) is 2.89. The second-order valence-electron chi connectivity index (χ2n) is 5.50. The Balaban J connectivity index is 1.62. The molecule has 0 atom stereocenters. The van der Waals surface area contributed by atoms with Gasteiger partial charge in [-0.1, -0.05) is 12.5 Å². The summed E-state index contributed by atoms with van der Waals surface area (Å²) in [5.41, 5.74) is 6.42. The Hall–Kier alpha value is -1.75. The molecule has 3 N–H and O–H groups in total. The van der Waals surface area contributed by atoms with Crippen LogP contribution < -0.4 is 20.5 Å². The van der Waals surface area contributed by atoms with E-state index in [1.807, 2.05) is 18.2 Å². The van der Waals surface area contributed by atoms with Gasteiger partial charge in [0.15, 0.2) is 11.5 Å². The summed E-state index contributed by atoms with van der Waals surface area (Å²) >= 11 is 0. The van der Waals surface area contributed by atoms with E-state index in [1.165, 1.54) is 0 Å². The lowest BCUT2D eigenvalue weighted by Gasteiger charge is -2.39. The predicted molar refractivity (Wildman–Crippen MR) is 74.6 cm³/mol. The molecular formula is C15H20N2O3. The van der Waals surface area contributed by atoms with E-state index < -0.39 is 0 Å². The molecule has 5 heteroatoms. The van der Waals surface area contributed by atoms with Crippen molar-refractivity contribution in [1.82, 2.24) is 5.32 Å². The highest BCUT2D eigenvalue weighted by Gasteiger charge is 2.42. The molecule has 1 saturated carbocycles. The van der Waals surface area contributed by atoms with Crippen LogP contribution in [-0.4, -0.2) is 25.7 Å². The Morgan fingerprint density at radius 3 is 2.65 bits per heavy atom. The summed E-state index contributed by atoms with van der Waals surface area (Å²) < 4.78 is 11.0. The summed E-state index contributed by atoms with van der Waals surface area (Å²) in [4.78, 5) is 12.2. The number of nitrogens with one attached hydrogen (secondary N) is 1. The number of fused-ring (bicyclic) bond motifs is 1. The lowest BCUT2D eigenvalue weighted by atomic mass is 9.68. The zero-order chi connectivity index (χ0) is 14.0. The van der Waals surface area contributed by atoms with Crippen molar-refractivity contribution in [2.45, 2.75) is 25.8 Å². The Kier molecular flexibility index (Phi) is 3.53. The predicted octanol–water partition coefficient (Wildman–Crippen LogP) is 1.20. The van der Waals surface area contributed by atoms with Crippen LogP contribution in [0.2, 0.25) is 0 Å². The van der Waals surface area contributed by atoms with Gasteiger partial charge in [0.1, 0.15) is 13.2 Å². The van der Waals surface area contributed by atoms with Crippen molar-refractivity contribution in [3.63, 3.8) is 0 Å². The first-order valence-corrected chi connectivity index (χ1v) is 7.10. The molecule has 0 aromatic heterocycles. The van der Waals surface area contributed by atoms with Gasteiger partial charge in [-0.25, -0.2) is 0 Å². The lowest BCUT2D eigenvalue weighted by molar-refractivity contribution is -0.135. The number of hydrogen-bond acceptors (Lipinski definition) is 4. The zero-order valence-corrected chi connectivity index (χ0v) is 11.5. The van der Waals surface area contributed by atoms with Gasteiger partial charge >= 0.3 is 0 Å². The largest absolute Gasteiger partial charge is 0.486 e. The van der Waals surface area contributed by atoms with Gasteiger partial charge in [-0.2, -0.15) is 0 Å². The van der Waals surface area contributed by atoms with Gasteiger partial charge in [0.2, 0.25) is 5.91 Å². The molecule has 20 heavy (non-hydrogen) atoms. The number of carbonyl (C=O) groups excluding carboxylic acids is 1. The van der Waals surface area contributed by atoms with Crippen LogP contribution in [0.1, 0.15) is 24.8 Å². The van der Waals surface area contributed by atoms with Crippen molar-refractivity contribution in [3.05, 3.63) is 23.8 Å². The summed E-state index contributed by atoms with van der Waals surface area (Å²) in [5, 5.41) is 2.98. The number of rotatable bonds is 4. The number of carbonyl (C=O) groups is 1. The number of hydrogen-bond donors (Lipinski definition) is 2. The molecule has 0 spiro atoms. The average molecular weight is 276 g/mol. The van der Waals surface area contributed by atoms with Gasteiger partial charge in [0.05, 0.1) is 5.41 Å². The highest BCUT2D eigenvalue weighted by Crippen LogP contribution is 2.40. The van der Waals surface area contributed by atoms with Gasteiger partial charge in [0.25, 0.3) is 0 Å². The van der Waals surface area contributed by atoms with Crippen LogP contribution in [0.3, 0.4) is 0 Å². The average Bonchev–Trinajstić information content (AvgIpc) is 2.44. The van der Waals surface area contributed by atoms with Crippen LogP contribution in [0.5, 0.6) is 11.5 Å². The van der Waals surface area contributed by atoms with Crippen LogP contribution in [0.15, 0.2) is 18.2 Å². The van der Waals surface area contributed by atoms with Gasteiger partial charge in [-0.05, 0) is 30.5 Å². The molecule has 1 aliphatic heterocycles. The van der Waals surface area contributed by atoms with Crippen LogP contribution >= 0.6 is 0 Å². The van der Waals surface area contributed by atoms with Crippen molar-refractivity contribution in [1.29, 1.82) is 0 Å². The van der Waals surface area contributed by atoms with Crippen molar-refractivity contribution < 1.29 is 14.3 Å². The van der Waals surface area contributed by atoms with Gasteiger partial charge in [-0.3, -0.25) is 4.79 Å². The maximum absolute atomic E-state index is 12.2.